The Morgan fingerprint density at radius 2 is 1.84 bits per heavy atom. The van der Waals surface area contributed by atoms with E-state index in [1.807, 2.05) is 0 Å². The SMILES string of the molecule is Nc1c(Cl)cc(NC(=O)c2ccc(NC3CC3)c([N+](=O)[O-])c2)cc1Cl. The second-order valence-electron chi connectivity index (χ2n) is 5.72. The maximum atomic E-state index is 12.4. The van der Waals surface area contributed by atoms with Crippen molar-refractivity contribution in [3.05, 3.63) is 56.1 Å². The first-order chi connectivity index (χ1) is 11.8. The second-order valence-corrected chi connectivity index (χ2v) is 6.53. The van der Waals surface area contributed by atoms with Crippen molar-refractivity contribution in [1.82, 2.24) is 0 Å². The van der Waals surface area contributed by atoms with Crippen LogP contribution in [-0.4, -0.2) is 16.9 Å². The number of amides is 1. The van der Waals surface area contributed by atoms with Gasteiger partial charge in [-0.1, -0.05) is 23.2 Å². The number of carbonyl (C=O) groups is 1. The van der Waals surface area contributed by atoms with Crippen LogP contribution in [0, 0.1) is 10.1 Å². The molecule has 1 amide bonds. The lowest BCUT2D eigenvalue weighted by atomic mass is 10.1. The number of anilines is 3. The van der Waals surface area contributed by atoms with Crippen molar-refractivity contribution in [1.29, 1.82) is 0 Å². The van der Waals surface area contributed by atoms with Crippen molar-refractivity contribution in [3.8, 4) is 0 Å². The topological polar surface area (TPSA) is 110 Å². The number of benzene rings is 2. The summed E-state index contributed by atoms with van der Waals surface area (Å²) < 4.78 is 0. The fraction of sp³-hybridized carbons (Fsp3) is 0.188. The van der Waals surface area contributed by atoms with Crippen molar-refractivity contribution in [2.45, 2.75) is 18.9 Å². The number of hydrogen-bond acceptors (Lipinski definition) is 5. The smallest absolute Gasteiger partial charge is 0.293 e. The summed E-state index contributed by atoms with van der Waals surface area (Å²) in [4.78, 5) is 23.1. The van der Waals surface area contributed by atoms with Crippen LogP contribution in [0.15, 0.2) is 30.3 Å². The van der Waals surface area contributed by atoms with Crippen LogP contribution < -0.4 is 16.4 Å². The first kappa shape index (κ1) is 17.3. The zero-order chi connectivity index (χ0) is 18.1. The molecule has 0 heterocycles. The average molecular weight is 381 g/mol. The Hall–Kier alpha value is -2.51. The summed E-state index contributed by atoms with van der Waals surface area (Å²) in [5.74, 6) is -0.516. The summed E-state index contributed by atoms with van der Waals surface area (Å²) in [7, 11) is 0. The lowest BCUT2D eigenvalue weighted by molar-refractivity contribution is -0.384. The molecule has 1 aliphatic carbocycles. The zero-order valence-electron chi connectivity index (χ0n) is 12.9. The molecule has 0 aromatic heterocycles. The van der Waals surface area contributed by atoms with Gasteiger partial charge in [-0.3, -0.25) is 14.9 Å². The molecule has 25 heavy (non-hydrogen) atoms. The number of rotatable bonds is 5. The minimum absolute atomic E-state index is 0.145. The molecule has 0 unspecified atom stereocenters. The molecule has 9 heteroatoms. The summed E-state index contributed by atoms with van der Waals surface area (Å²) in [6, 6.07) is 7.47. The van der Waals surface area contributed by atoms with Gasteiger partial charge < -0.3 is 16.4 Å². The zero-order valence-corrected chi connectivity index (χ0v) is 14.4. The summed E-state index contributed by atoms with van der Waals surface area (Å²) in [5, 5.41) is 17.4. The molecular formula is C16H14Cl2N4O3. The number of nitrogens with one attached hydrogen (secondary N) is 2. The normalized spacial score (nSPS) is 13.4. The van der Waals surface area contributed by atoms with Gasteiger partial charge in [0.05, 0.1) is 20.7 Å². The van der Waals surface area contributed by atoms with Crippen LogP contribution in [0.1, 0.15) is 23.2 Å². The Balaban J connectivity index is 1.84. The van der Waals surface area contributed by atoms with Crippen molar-refractivity contribution >= 4 is 51.9 Å². The molecule has 0 saturated heterocycles. The number of nitro groups is 1. The highest BCUT2D eigenvalue weighted by Gasteiger charge is 2.25. The summed E-state index contributed by atoms with van der Waals surface area (Å²) >= 11 is 11.9. The Morgan fingerprint density at radius 1 is 1.20 bits per heavy atom. The number of carbonyl (C=O) groups excluding carboxylic acids is 1. The Labute approximate surface area is 153 Å². The summed E-state index contributed by atoms with van der Waals surface area (Å²) in [6.07, 6.45) is 1.97. The van der Waals surface area contributed by atoms with Crippen LogP contribution in [0.3, 0.4) is 0 Å². The van der Waals surface area contributed by atoms with E-state index in [2.05, 4.69) is 10.6 Å². The molecule has 0 aliphatic heterocycles. The monoisotopic (exact) mass is 380 g/mol. The van der Waals surface area contributed by atoms with E-state index < -0.39 is 10.8 Å². The van der Waals surface area contributed by atoms with Gasteiger partial charge in [0.2, 0.25) is 0 Å². The molecule has 1 aliphatic rings. The van der Waals surface area contributed by atoms with Gasteiger partial charge in [-0.25, -0.2) is 0 Å². The molecule has 0 bridgehead atoms. The first-order valence-corrected chi connectivity index (χ1v) is 8.21. The van der Waals surface area contributed by atoms with Crippen LogP contribution in [0.4, 0.5) is 22.7 Å². The highest BCUT2D eigenvalue weighted by Crippen LogP contribution is 2.33. The van der Waals surface area contributed by atoms with Gasteiger partial charge in [0.1, 0.15) is 5.69 Å². The Kier molecular flexibility index (Phi) is 4.69. The lowest BCUT2D eigenvalue weighted by Gasteiger charge is -2.10. The Bertz CT molecular complexity index is 845. The molecule has 2 aromatic rings. The maximum absolute atomic E-state index is 12.4. The van der Waals surface area contributed by atoms with E-state index in [-0.39, 0.29) is 33.0 Å². The van der Waals surface area contributed by atoms with E-state index in [1.165, 1.54) is 30.3 Å². The predicted octanol–water partition coefficient (Wildman–Crippen LogP) is 4.31. The summed E-state index contributed by atoms with van der Waals surface area (Å²) in [5.41, 5.74) is 6.62. The fourth-order valence-corrected chi connectivity index (χ4v) is 2.74. The molecule has 0 atom stereocenters. The average Bonchev–Trinajstić information content (AvgIpc) is 3.36. The van der Waals surface area contributed by atoms with Crippen molar-refractivity contribution in [2.75, 3.05) is 16.4 Å². The van der Waals surface area contributed by atoms with E-state index >= 15 is 0 Å². The number of nitro benzene ring substituents is 1. The maximum Gasteiger partial charge on any atom is 0.293 e. The van der Waals surface area contributed by atoms with Gasteiger partial charge in [-0.05, 0) is 37.1 Å². The van der Waals surface area contributed by atoms with Crippen LogP contribution in [0.25, 0.3) is 0 Å². The molecule has 130 valence electrons. The van der Waals surface area contributed by atoms with Crippen molar-refractivity contribution in [3.63, 3.8) is 0 Å². The molecule has 3 rings (SSSR count). The van der Waals surface area contributed by atoms with E-state index in [9.17, 15) is 14.9 Å². The van der Waals surface area contributed by atoms with E-state index in [0.717, 1.165) is 12.8 Å². The molecule has 1 fully saturated rings. The molecule has 0 radical (unpaired) electrons. The van der Waals surface area contributed by atoms with Gasteiger partial charge in [-0.15, -0.1) is 0 Å². The molecule has 1 saturated carbocycles. The first-order valence-electron chi connectivity index (χ1n) is 7.46. The molecular weight excluding hydrogens is 367 g/mol. The third kappa shape index (κ3) is 3.94. The van der Waals surface area contributed by atoms with E-state index in [4.69, 9.17) is 28.9 Å². The van der Waals surface area contributed by atoms with Crippen LogP contribution in [-0.2, 0) is 0 Å². The second kappa shape index (κ2) is 6.78. The molecule has 4 N–H and O–H groups in total. The number of hydrogen-bond donors (Lipinski definition) is 3. The minimum Gasteiger partial charge on any atom is -0.396 e. The van der Waals surface area contributed by atoms with Crippen molar-refractivity contribution < 1.29 is 9.72 Å². The van der Waals surface area contributed by atoms with Crippen molar-refractivity contribution in [2.24, 2.45) is 0 Å². The number of nitrogens with zero attached hydrogens (tertiary/aromatic N) is 1. The van der Waals surface area contributed by atoms with Gasteiger partial charge in [0.15, 0.2) is 0 Å². The van der Waals surface area contributed by atoms with E-state index in [0.29, 0.717) is 11.4 Å². The van der Waals surface area contributed by atoms with Gasteiger partial charge >= 0.3 is 0 Å². The lowest BCUT2D eigenvalue weighted by Crippen LogP contribution is -2.13. The molecule has 2 aromatic carbocycles. The van der Waals surface area contributed by atoms with Gasteiger partial charge in [0.25, 0.3) is 11.6 Å². The third-order valence-corrected chi connectivity index (χ3v) is 4.36. The standard InChI is InChI=1S/C16H14Cl2N4O3/c17-11-6-10(7-12(18)15(11)19)21-16(23)8-1-4-13(20-9-2-3-9)14(5-8)22(24)25/h1,4-7,9,20H,2-3,19H2,(H,21,23). The van der Waals surface area contributed by atoms with Gasteiger partial charge in [-0.2, -0.15) is 0 Å². The van der Waals surface area contributed by atoms with Crippen LogP contribution >= 0.6 is 23.2 Å². The summed E-state index contributed by atoms with van der Waals surface area (Å²) in [6.45, 7) is 0. The number of nitrogens with two attached hydrogens (primary N) is 1. The van der Waals surface area contributed by atoms with E-state index in [1.54, 1.807) is 0 Å². The predicted molar refractivity (Wildman–Crippen MR) is 98.6 cm³/mol. The van der Waals surface area contributed by atoms with Crippen LogP contribution in [0.5, 0.6) is 0 Å². The number of halogens is 2. The van der Waals surface area contributed by atoms with Gasteiger partial charge in [0, 0.05) is 23.4 Å². The third-order valence-electron chi connectivity index (χ3n) is 3.73. The highest BCUT2D eigenvalue weighted by molar-refractivity contribution is 6.39. The minimum atomic E-state index is -0.516. The highest BCUT2D eigenvalue weighted by atomic mass is 35.5. The number of nitrogen functional groups attached to an aromatic ring is 1. The molecule has 0 spiro atoms. The largest absolute Gasteiger partial charge is 0.396 e. The molecule has 7 nitrogen and oxygen atoms in total. The fourth-order valence-electron chi connectivity index (χ4n) is 2.25. The quantitative estimate of drug-likeness (QED) is 0.406. The Morgan fingerprint density at radius 3 is 2.40 bits per heavy atom. The van der Waals surface area contributed by atoms with Crippen LogP contribution in [0.2, 0.25) is 10.0 Å².